The normalized spacial score (nSPS) is 16.6. The van der Waals surface area contributed by atoms with Gasteiger partial charge in [0.25, 0.3) is 0 Å². The minimum Gasteiger partial charge on any atom is -0.481 e. The predicted molar refractivity (Wildman–Crippen MR) is 301 cm³/mol. The van der Waals surface area contributed by atoms with Crippen LogP contribution >= 0.6 is 11.8 Å². The maximum Gasteiger partial charge on any atom is 0.305 e. The number of aliphatic hydroxyl groups excluding tert-OH is 2. The molecule has 0 spiro atoms. The first kappa shape index (κ1) is 74.8. The van der Waals surface area contributed by atoms with E-state index in [1.54, 1.807) is 34.0 Å². The molecule has 1 heterocycles. The maximum absolute atomic E-state index is 14.1. The Bertz CT molecular complexity index is 2310. The van der Waals surface area contributed by atoms with Crippen LogP contribution in [0.2, 0.25) is 0 Å². The fourth-order valence-corrected chi connectivity index (χ4v) is 9.02. The Kier molecular flexibility index (Phi) is 33.7. The summed E-state index contributed by atoms with van der Waals surface area (Å²) >= 11 is 1.26. The summed E-state index contributed by atoms with van der Waals surface area (Å²) in [6.45, 7) is 7.93. The van der Waals surface area contributed by atoms with Crippen LogP contribution in [-0.2, 0) is 67.1 Å². The molecule has 32 nitrogen and oxygen atoms in total. The molecule has 1 aliphatic heterocycles. The number of nitrogens with zero attached hydrogens (tertiary/aromatic N) is 1. The second-order valence-corrected chi connectivity index (χ2v) is 22.3. The third kappa shape index (κ3) is 26.1. The largest absolute Gasteiger partial charge is 0.481 e. The van der Waals surface area contributed by atoms with Crippen molar-refractivity contribution in [1.82, 2.24) is 52.8 Å². The van der Waals surface area contributed by atoms with Crippen LogP contribution in [0.25, 0.3) is 0 Å². The molecule has 1 saturated heterocycles. The average Bonchev–Trinajstić information content (AvgIpc) is 4.15. The molecule has 33 heteroatoms. The van der Waals surface area contributed by atoms with Crippen molar-refractivity contribution >= 4 is 94.6 Å². The van der Waals surface area contributed by atoms with Crippen LogP contribution in [0, 0.1) is 17.8 Å². The molecule has 0 saturated carbocycles. The molecule has 0 unspecified atom stereocenters. The second-order valence-electron chi connectivity index (χ2n) is 21.3. The summed E-state index contributed by atoms with van der Waals surface area (Å²) < 4.78 is 0. The number of carbonyl (C=O) groups is 14. The van der Waals surface area contributed by atoms with Gasteiger partial charge in [-0.3, -0.25) is 67.1 Å². The summed E-state index contributed by atoms with van der Waals surface area (Å²) in [5.74, 6) is -16.0. The number of likely N-dealkylation sites (tertiary alicyclic amines) is 1. The van der Waals surface area contributed by atoms with Crippen molar-refractivity contribution in [3.8, 4) is 0 Å². The number of hydrogen-bond acceptors (Lipinski definition) is 19. The first-order valence-electron chi connectivity index (χ1n) is 27.5. The van der Waals surface area contributed by atoms with Crippen LogP contribution in [0.4, 0.5) is 0 Å². The SMILES string of the molecule is CSCC[C@H](NC(=O)[C@H](CCC(N)=O)NC(=O)[C@@H](NC(=O)[C@H](CC(C)C)NC(=O)[C@H](CC(=O)O)NC(=O)[C@@H](N)CC(=O)O)C(C)C)C(=O)N[C@@H](CO)C(=O)N1CCC[C@H]1C(=O)N[C@@H](CO)C(=O)N[C@H](C(=O)N[C@@H](CCCCN)C(N)=O)C(C)C. The van der Waals surface area contributed by atoms with Gasteiger partial charge in [-0.2, -0.15) is 11.8 Å². The molecular weight excluding hydrogens is 1130 g/mol. The Balaban J connectivity index is 3.35. The third-order valence-corrected chi connectivity index (χ3v) is 13.8. The lowest BCUT2D eigenvalue weighted by molar-refractivity contribution is -0.143. The maximum atomic E-state index is 14.1. The molecular formula is C51H88N14O18S. The number of carboxylic acids is 2. The lowest BCUT2D eigenvalue weighted by Gasteiger charge is -2.31. The number of nitrogens with two attached hydrogens (primary N) is 4. The molecule has 1 aliphatic rings. The summed E-state index contributed by atoms with van der Waals surface area (Å²) in [5, 5.41) is 60.9. The molecule has 0 bridgehead atoms. The number of unbranched alkanes of at least 4 members (excludes halogenated alkanes) is 1. The Morgan fingerprint density at radius 1 is 0.548 bits per heavy atom. The Morgan fingerprint density at radius 3 is 1.49 bits per heavy atom. The zero-order valence-electron chi connectivity index (χ0n) is 48.6. The van der Waals surface area contributed by atoms with Crippen molar-refractivity contribution in [2.75, 3.05) is 38.3 Å². The molecule has 1 rings (SSSR count). The summed E-state index contributed by atoms with van der Waals surface area (Å²) in [6.07, 6.45) is 0.266. The van der Waals surface area contributed by atoms with Gasteiger partial charge in [-0.05, 0) is 87.7 Å². The number of primary amides is 2. The zero-order chi connectivity index (χ0) is 64.1. The molecule has 0 aliphatic carbocycles. The molecule has 11 atom stereocenters. The predicted octanol–water partition coefficient (Wildman–Crippen LogP) is -6.41. The van der Waals surface area contributed by atoms with Gasteiger partial charge in [-0.25, -0.2) is 0 Å². The van der Waals surface area contributed by atoms with Crippen LogP contribution < -0.4 is 70.8 Å². The first-order valence-corrected chi connectivity index (χ1v) is 28.9. The minimum absolute atomic E-state index is 0.0467. The molecule has 84 heavy (non-hydrogen) atoms. The van der Waals surface area contributed by atoms with Crippen LogP contribution in [0.1, 0.15) is 112 Å². The molecule has 0 aromatic rings. The molecule has 1 fully saturated rings. The number of aliphatic carboxylic acids is 2. The smallest absolute Gasteiger partial charge is 0.305 e. The van der Waals surface area contributed by atoms with E-state index in [1.807, 2.05) is 0 Å². The summed E-state index contributed by atoms with van der Waals surface area (Å²) in [7, 11) is 0. The van der Waals surface area contributed by atoms with E-state index in [1.165, 1.54) is 25.6 Å². The number of nitrogens with one attached hydrogen (secondary N) is 9. The van der Waals surface area contributed by atoms with Gasteiger partial charge in [0.05, 0.1) is 32.1 Å². The van der Waals surface area contributed by atoms with E-state index in [0.717, 1.165) is 4.90 Å². The lowest BCUT2D eigenvalue weighted by Crippen LogP contribution is -2.62. The van der Waals surface area contributed by atoms with E-state index in [-0.39, 0.29) is 50.3 Å². The van der Waals surface area contributed by atoms with Crippen molar-refractivity contribution < 1.29 is 87.5 Å². The molecule has 21 N–H and O–H groups in total. The molecule has 476 valence electrons. The number of carbonyl (C=O) groups excluding carboxylic acids is 12. The highest BCUT2D eigenvalue weighted by molar-refractivity contribution is 7.98. The van der Waals surface area contributed by atoms with Crippen molar-refractivity contribution in [1.29, 1.82) is 0 Å². The lowest BCUT2D eigenvalue weighted by atomic mass is 9.99. The second kappa shape index (κ2) is 37.9. The van der Waals surface area contributed by atoms with Gasteiger partial charge in [0, 0.05) is 13.0 Å². The molecule has 0 aromatic carbocycles. The number of aliphatic hydroxyl groups is 2. The van der Waals surface area contributed by atoms with Gasteiger partial charge < -0.3 is 96.1 Å². The van der Waals surface area contributed by atoms with Gasteiger partial charge in [0.2, 0.25) is 70.9 Å². The quantitative estimate of drug-likeness (QED) is 0.0254. The van der Waals surface area contributed by atoms with Crippen molar-refractivity contribution in [3.05, 3.63) is 0 Å². The van der Waals surface area contributed by atoms with E-state index < -0.39 is 200 Å². The number of amides is 12. The summed E-state index contributed by atoms with van der Waals surface area (Å²) in [4.78, 5) is 184. The van der Waals surface area contributed by atoms with Gasteiger partial charge in [-0.1, -0.05) is 41.5 Å². The van der Waals surface area contributed by atoms with E-state index in [0.29, 0.717) is 19.4 Å². The fraction of sp³-hybridized carbons (Fsp3) is 0.725. The number of thioether (sulfide) groups is 1. The molecule has 0 aromatic heterocycles. The first-order chi connectivity index (χ1) is 39.3. The number of rotatable bonds is 40. The van der Waals surface area contributed by atoms with Crippen LogP contribution in [0.3, 0.4) is 0 Å². The highest BCUT2D eigenvalue weighted by Gasteiger charge is 2.41. The minimum atomic E-state index is -1.83. The molecule has 0 radical (unpaired) electrons. The van der Waals surface area contributed by atoms with E-state index in [4.69, 9.17) is 28.0 Å². The number of carboxylic acid groups (broad SMARTS) is 2. The van der Waals surface area contributed by atoms with E-state index >= 15 is 0 Å². The van der Waals surface area contributed by atoms with Crippen LogP contribution in [0.15, 0.2) is 0 Å². The Hall–Kier alpha value is -7.23. The van der Waals surface area contributed by atoms with Crippen LogP contribution in [-0.4, -0.2) is 213 Å². The zero-order valence-corrected chi connectivity index (χ0v) is 49.4. The Labute approximate surface area is 491 Å². The highest BCUT2D eigenvalue weighted by atomic mass is 32.2. The van der Waals surface area contributed by atoms with Gasteiger partial charge in [-0.15, -0.1) is 0 Å². The van der Waals surface area contributed by atoms with Gasteiger partial charge >= 0.3 is 11.9 Å². The average molecular weight is 1220 g/mol. The Morgan fingerprint density at radius 2 is 1.01 bits per heavy atom. The van der Waals surface area contributed by atoms with Crippen molar-refractivity contribution in [2.24, 2.45) is 40.7 Å². The number of hydrogen-bond donors (Lipinski definition) is 17. The topological polar surface area (TPSA) is 535 Å². The third-order valence-electron chi connectivity index (χ3n) is 13.2. The van der Waals surface area contributed by atoms with Gasteiger partial charge in [0.15, 0.2) is 0 Å². The summed E-state index contributed by atoms with van der Waals surface area (Å²) in [6, 6.07) is -16.5. The molecule has 12 amide bonds. The van der Waals surface area contributed by atoms with Crippen LogP contribution in [0.5, 0.6) is 0 Å². The van der Waals surface area contributed by atoms with Gasteiger partial charge in [0.1, 0.15) is 60.4 Å². The standard InChI is InChI=1S/C51H88N14O18S/c1-24(2)19-31(60-45(77)32(21-38(71)72)59-42(74)27(53)20-37(69)70)46(78)63-40(26(5)6)50(82)58-29(13-14-36(54)68)43(75)57-30(15-18-84-7)44(76)62-34(23-67)51(83)65-17-10-12-35(65)48(80)61-33(22-66)47(79)64-39(25(3)4)49(81)56-28(41(55)73)11-8-9-16-52/h24-35,39-40,66-67H,8-23,52-53H2,1-7H3,(H2,54,68)(H2,55,73)(H,56,81)(H,57,75)(H,58,82)(H,59,74)(H,60,77)(H,61,80)(H,62,76)(H,63,78)(H,64,79)(H,69,70)(H,71,72)/t27-,28-,29-,30-,31-,32-,33-,34-,35-,39-,40-/m0/s1. The fourth-order valence-electron chi connectivity index (χ4n) is 8.55. The highest BCUT2D eigenvalue weighted by Crippen LogP contribution is 2.20. The monoisotopic (exact) mass is 1220 g/mol. The van der Waals surface area contributed by atoms with E-state index in [9.17, 15) is 82.4 Å². The van der Waals surface area contributed by atoms with E-state index in [2.05, 4.69) is 47.9 Å². The van der Waals surface area contributed by atoms with Crippen molar-refractivity contribution in [3.63, 3.8) is 0 Å². The summed E-state index contributed by atoms with van der Waals surface area (Å²) in [5.41, 5.74) is 22.0. The van der Waals surface area contributed by atoms with Crippen molar-refractivity contribution in [2.45, 2.75) is 179 Å².